The van der Waals surface area contributed by atoms with Gasteiger partial charge in [-0.2, -0.15) is 0 Å². The molecule has 0 bridgehead atoms. The molecule has 3 rings (SSSR count). The van der Waals surface area contributed by atoms with Crippen molar-refractivity contribution in [3.8, 4) is 0 Å². The van der Waals surface area contributed by atoms with Crippen LogP contribution in [0.3, 0.4) is 0 Å². The van der Waals surface area contributed by atoms with Gasteiger partial charge in [-0.15, -0.1) is 0 Å². The first-order chi connectivity index (χ1) is 14.1. The summed E-state index contributed by atoms with van der Waals surface area (Å²) in [5.74, 6) is -0.355. The Balaban J connectivity index is 1.98. The summed E-state index contributed by atoms with van der Waals surface area (Å²) in [7, 11) is -2.34. The Labute approximate surface area is 178 Å². The molecule has 0 aromatic heterocycles. The van der Waals surface area contributed by atoms with Crippen molar-refractivity contribution < 1.29 is 13.2 Å². The van der Waals surface area contributed by atoms with E-state index in [1.807, 2.05) is 39.8 Å². The zero-order valence-electron chi connectivity index (χ0n) is 17.9. The van der Waals surface area contributed by atoms with Gasteiger partial charge in [0.25, 0.3) is 15.9 Å². The van der Waals surface area contributed by atoms with Gasteiger partial charge in [-0.3, -0.25) is 9.10 Å². The summed E-state index contributed by atoms with van der Waals surface area (Å²) in [6.45, 7) is 7.78. The van der Waals surface area contributed by atoms with Crippen molar-refractivity contribution >= 4 is 27.3 Å². The molecule has 3 aromatic rings. The summed E-state index contributed by atoms with van der Waals surface area (Å²) < 4.78 is 27.4. The van der Waals surface area contributed by atoms with Crippen molar-refractivity contribution in [2.75, 3.05) is 16.7 Å². The van der Waals surface area contributed by atoms with Crippen LogP contribution in [0.5, 0.6) is 0 Å². The van der Waals surface area contributed by atoms with Crippen LogP contribution in [0.1, 0.15) is 32.6 Å². The predicted molar refractivity (Wildman–Crippen MR) is 122 cm³/mol. The van der Waals surface area contributed by atoms with Crippen molar-refractivity contribution in [2.45, 2.75) is 32.6 Å². The van der Waals surface area contributed by atoms with Crippen LogP contribution in [0.15, 0.2) is 65.6 Å². The highest BCUT2D eigenvalue weighted by Crippen LogP contribution is 2.28. The van der Waals surface area contributed by atoms with Gasteiger partial charge >= 0.3 is 0 Å². The lowest BCUT2D eigenvalue weighted by Crippen LogP contribution is -2.29. The molecule has 0 saturated heterocycles. The van der Waals surface area contributed by atoms with Crippen molar-refractivity contribution in [3.63, 3.8) is 0 Å². The molecule has 0 heterocycles. The number of nitrogens with zero attached hydrogens (tertiary/aromatic N) is 1. The van der Waals surface area contributed by atoms with Gasteiger partial charge in [-0.1, -0.05) is 47.5 Å². The fourth-order valence-electron chi connectivity index (χ4n) is 3.50. The Bertz CT molecular complexity index is 1180. The van der Waals surface area contributed by atoms with E-state index in [1.165, 1.54) is 7.05 Å². The van der Waals surface area contributed by atoms with Gasteiger partial charge in [0.05, 0.1) is 16.1 Å². The van der Waals surface area contributed by atoms with Crippen LogP contribution in [0.4, 0.5) is 11.4 Å². The number of aryl methyl sites for hydroxylation is 4. The number of benzene rings is 3. The maximum absolute atomic E-state index is 13.1. The Kier molecular flexibility index (Phi) is 5.99. The number of hydrogen-bond acceptors (Lipinski definition) is 3. The molecule has 0 fully saturated rings. The molecule has 0 saturated carbocycles. The van der Waals surface area contributed by atoms with E-state index >= 15 is 0 Å². The molecule has 5 nitrogen and oxygen atoms in total. The van der Waals surface area contributed by atoms with Crippen molar-refractivity contribution in [1.29, 1.82) is 0 Å². The minimum atomic E-state index is -3.81. The van der Waals surface area contributed by atoms with Gasteiger partial charge in [0, 0.05) is 12.7 Å². The largest absolute Gasteiger partial charge is 0.321 e. The molecular weight excluding hydrogens is 396 g/mol. The lowest BCUT2D eigenvalue weighted by Gasteiger charge is -2.22. The van der Waals surface area contributed by atoms with Gasteiger partial charge in [0.15, 0.2) is 0 Å². The van der Waals surface area contributed by atoms with Crippen molar-refractivity contribution in [3.05, 3.63) is 88.5 Å². The monoisotopic (exact) mass is 422 g/mol. The number of para-hydroxylation sites is 1. The minimum absolute atomic E-state index is 0.177. The summed E-state index contributed by atoms with van der Waals surface area (Å²) in [5, 5.41) is 2.96. The van der Waals surface area contributed by atoms with Crippen LogP contribution in [0.2, 0.25) is 0 Å². The lowest BCUT2D eigenvalue weighted by atomic mass is 10.0. The van der Waals surface area contributed by atoms with E-state index in [9.17, 15) is 13.2 Å². The van der Waals surface area contributed by atoms with E-state index in [4.69, 9.17) is 0 Å². The smallest absolute Gasteiger partial charge is 0.264 e. The molecular formula is C24H26N2O3S. The van der Waals surface area contributed by atoms with Crippen LogP contribution in [-0.2, 0) is 10.0 Å². The lowest BCUT2D eigenvalue weighted by molar-refractivity contribution is 0.102. The molecule has 3 aromatic carbocycles. The van der Waals surface area contributed by atoms with Gasteiger partial charge in [-0.25, -0.2) is 8.42 Å². The first-order valence-corrected chi connectivity index (χ1v) is 11.1. The highest BCUT2D eigenvalue weighted by molar-refractivity contribution is 7.92. The maximum atomic E-state index is 13.1. The third kappa shape index (κ3) is 4.24. The van der Waals surface area contributed by atoms with Crippen molar-refractivity contribution in [2.24, 2.45) is 0 Å². The molecule has 1 amide bonds. The molecule has 0 spiro atoms. The number of anilines is 2. The van der Waals surface area contributed by atoms with Gasteiger partial charge in [0.1, 0.15) is 0 Å². The van der Waals surface area contributed by atoms with E-state index in [1.54, 1.807) is 48.5 Å². The van der Waals surface area contributed by atoms with Crippen LogP contribution >= 0.6 is 0 Å². The Morgan fingerprint density at radius 1 is 0.833 bits per heavy atom. The van der Waals surface area contributed by atoms with E-state index in [0.717, 1.165) is 32.2 Å². The number of sulfonamides is 1. The number of nitrogens with one attached hydrogen (secondary N) is 1. The van der Waals surface area contributed by atoms with Gasteiger partial charge < -0.3 is 5.32 Å². The molecule has 30 heavy (non-hydrogen) atoms. The second kappa shape index (κ2) is 8.32. The Morgan fingerprint density at radius 3 is 2.00 bits per heavy atom. The SMILES string of the molecule is Cc1ccc(S(=O)(=O)N(C)c2ccccc2C(=O)Nc2c(C)cc(C)cc2C)cc1. The highest BCUT2D eigenvalue weighted by Gasteiger charge is 2.25. The molecule has 0 atom stereocenters. The fourth-order valence-corrected chi connectivity index (χ4v) is 4.71. The Morgan fingerprint density at radius 2 is 1.40 bits per heavy atom. The van der Waals surface area contributed by atoms with E-state index in [-0.39, 0.29) is 16.4 Å². The zero-order valence-corrected chi connectivity index (χ0v) is 18.7. The minimum Gasteiger partial charge on any atom is -0.321 e. The number of rotatable bonds is 5. The summed E-state index contributed by atoms with van der Waals surface area (Å²) >= 11 is 0. The topological polar surface area (TPSA) is 66.5 Å². The maximum Gasteiger partial charge on any atom is 0.264 e. The first-order valence-electron chi connectivity index (χ1n) is 9.65. The third-order valence-corrected chi connectivity index (χ3v) is 6.87. The van der Waals surface area contributed by atoms with Gasteiger partial charge in [-0.05, 0) is 63.1 Å². The average molecular weight is 423 g/mol. The number of hydrogen-bond donors (Lipinski definition) is 1. The standard InChI is InChI=1S/C24H26N2O3S/c1-16-10-12-20(13-11-16)30(28,29)26(5)22-9-7-6-8-21(22)24(27)25-23-18(3)14-17(2)15-19(23)4/h6-15H,1-5H3,(H,25,27). The third-order valence-electron chi connectivity index (χ3n) is 5.08. The number of amides is 1. The van der Waals surface area contributed by atoms with Crippen LogP contribution in [0, 0.1) is 27.7 Å². The predicted octanol–water partition coefficient (Wildman–Crippen LogP) is 5.00. The van der Waals surface area contributed by atoms with Crippen LogP contribution < -0.4 is 9.62 Å². The van der Waals surface area contributed by atoms with Gasteiger partial charge in [0.2, 0.25) is 0 Å². The zero-order chi connectivity index (χ0) is 22.1. The van der Waals surface area contributed by atoms with E-state index < -0.39 is 10.0 Å². The quantitative estimate of drug-likeness (QED) is 0.629. The molecule has 0 aliphatic rings. The second-order valence-corrected chi connectivity index (χ2v) is 9.50. The molecule has 1 N–H and O–H groups in total. The van der Waals surface area contributed by atoms with E-state index in [2.05, 4.69) is 5.32 Å². The normalized spacial score (nSPS) is 11.2. The number of carbonyl (C=O) groups excluding carboxylic acids is 1. The van der Waals surface area contributed by atoms with Crippen LogP contribution in [-0.4, -0.2) is 21.4 Å². The van der Waals surface area contributed by atoms with Crippen molar-refractivity contribution in [1.82, 2.24) is 0 Å². The Hall–Kier alpha value is -3.12. The first kappa shape index (κ1) is 21.6. The molecule has 156 valence electrons. The molecule has 0 aliphatic heterocycles. The van der Waals surface area contributed by atoms with Crippen LogP contribution in [0.25, 0.3) is 0 Å². The molecule has 0 aliphatic carbocycles. The summed E-state index contributed by atoms with van der Waals surface area (Å²) in [4.78, 5) is 13.3. The fraction of sp³-hybridized carbons (Fsp3) is 0.208. The summed E-state index contributed by atoms with van der Waals surface area (Å²) in [6.07, 6.45) is 0. The average Bonchev–Trinajstić information content (AvgIpc) is 2.70. The highest BCUT2D eigenvalue weighted by atomic mass is 32.2. The number of carbonyl (C=O) groups is 1. The molecule has 0 unspecified atom stereocenters. The summed E-state index contributed by atoms with van der Waals surface area (Å²) in [5.41, 5.74) is 5.35. The summed E-state index contributed by atoms with van der Waals surface area (Å²) in [6, 6.07) is 17.4. The second-order valence-electron chi connectivity index (χ2n) is 7.53. The molecule has 6 heteroatoms. The molecule has 0 radical (unpaired) electrons. The van der Waals surface area contributed by atoms with E-state index in [0.29, 0.717) is 5.69 Å².